The van der Waals surface area contributed by atoms with Crippen molar-refractivity contribution in [3.63, 3.8) is 0 Å². The highest BCUT2D eigenvalue weighted by atomic mass is 32.2. The molecule has 5 nitrogen and oxygen atoms in total. The van der Waals surface area contributed by atoms with Crippen molar-refractivity contribution < 1.29 is 8.42 Å². The molecule has 0 amide bonds. The number of hydrogen-bond acceptors (Lipinski definition) is 3. The highest BCUT2D eigenvalue weighted by Crippen LogP contribution is 2.12. The Balaban J connectivity index is 1.93. The largest absolute Gasteiger partial charge is 0.357 e. The molecule has 0 saturated carbocycles. The van der Waals surface area contributed by atoms with Crippen molar-refractivity contribution in [1.82, 2.24) is 10.6 Å². The molecule has 0 radical (unpaired) electrons. The molecule has 1 aliphatic rings. The van der Waals surface area contributed by atoms with Crippen LogP contribution >= 0.6 is 0 Å². The lowest BCUT2D eigenvalue weighted by Crippen LogP contribution is -2.44. The maximum absolute atomic E-state index is 11.5. The van der Waals surface area contributed by atoms with Crippen LogP contribution in [0.1, 0.15) is 30.0 Å². The van der Waals surface area contributed by atoms with Crippen LogP contribution in [-0.4, -0.2) is 45.0 Å². The van der Waals surface area contributed by atoms with E-state index in [9.17, 15) is 8.42 Å². The molecule has 0 bridgehead atoms. The maximum atomic E-state index is 11.5. The highest BCUT2D eigenvalue weighted by Gasteiger charge is 2.28. The monoisotopic (exact) mass is 337 g/mol. The van der Waals surface area contributed by atoms with Gasteiger partial charge < -0.3 is 10.6 Å². The van der Waals surface area contributed by atoms with E-state index in [-0.39, 0.29) is 17.5 Å². The van der Waals surface area contributed by atoms with E-state index in [1.54, 1.807) is 0 Å². The fourth-order valence-corrected chi connectivity index (χ4v) is 4.51. The molecule has 1 atom stereocenters. The van der Waals surface area contributed by atoms with Gasteiger partial charge in [0.15, 0.2) is 15.8 Å². The minimum atomic E-state index is -2.87. The SMILES string of the molecule is CCNC(=NCCc1ccc(C)cc1C)NC1CCS(=O)(=O)C1. The summed E-state index contributed by atoms with van der Waals surface area (Å²) in [5, 5.41) is 6.43. The Morgan fingerprint density at radius 1 is 1.35 bits per heavy atom. The lowest BCUT2D eigenvalue weighted by molar-refractivity contribution is 0.599. The summed E-state index contributed by atoms with van der Waals surface area (Å²) in [5.41, 5.74) is 3.87. The average Bonchev–Trinajstić information content (AvgIpc) is 2.80. The average molecular weight is 337 g/mol. The van der Waals surface area contributed by atoms with E-state index < -0.39 is 9.84 Å². The van der Waals surface area contributed by atoms with Gasteiger partial charge in [0.25, 0.3) is 0 Å². The van der Waals surface area contributed by atoms with Gasteiger partial charge in [0, 0.05) is 19.1 Å². The molecule has 6 heteroatoms. The smallest absolute Gasteiger partial charge is 0.191 e. The fraction of sp³-hybridized carbons (Fsp3) is 0.588. The van der Waals surface area contributed by atoms with Crippen molar-refractivity contribution in [3.05, 3.63) is 34.9 Å². The molecule has 2 rings (SSSR count). The van der Waals surface area contributed by atoms with Crippen LogP contribution in [0.3, 0.4) is 0 Å². The molecule has 1 aromatic carbocycles. The summed E-state index contributed by atoms with van der Waals surface area (Å²) >= 11 is 0. The molecular weight excluding hydrogens is 310 g/mol. The van der Waals surface area contributed by atoms with Crippen LogP contribution in [0.25, 0.3) is 0 Å². The fourth-order valence-electron chi connectivity index (χ4n) is 2.84. The van der Waals surface area contributed by atoms with E-state index in [1.165, 1.54) is 16.7 Å². The summed E-state index contributed by atoms with van der Waals surface area (Å²) in [6.45, 7) is 7.66. The van der Waals surface area contributed by atoms with Crippen molar-refractivity contribution in [2.24, 2.45) is 4.99 Å². The first-order valence-electron chi connectivity index (χ1n) is 8.21. The lowest BCUT2D eigenvalue weighted by atomic mass is 10.0. The van der Waals surface area contributed by atoms with E-state index in [0.29, 0.717) is 18.9 Å². The third kappa shape index (κ3) is 5.53. The summed E-state index contributed by atoms with van der Waals surface area (Å²) in [6, 6.07) is 6.44. The zero-order chi connectivity index (χ0) is 16.9. The highest BCUT2D eigenvalue weighted by molar-refractivity contribution is 7.91. The van der Waals surface area contributed by atoms with Gasteiger partial charge in [0.2, 0.25) is 0 Å². The van der Waals surface area contributed by atoms with Gasteiger partial charge in [0.05, 0.1) is 11.5 Å². The first-order valence-corrected chi connectivity index (χ1v) is 10.0. The molecule has 1 aromatic rings. The zero-order valence-corrected chi connectivity index (χ0v) is 15.0. The van der Waals surface area contributed by atoms with Gasteiger partial charge in [-0.15, -0.1) is 0 Å². The molecular formula is C17H27N3O2S. The van der Waals surface area contributed by atoms with Crippen LogP contribution < -0.4 is 10.6 Å². The molecule has 1 heterocycles. The van der Waals surface area contributed by atoms with E-state index >= 15 is 0 Å². The van der Waals surface area contributed by atoms with Crippen LogP contribution in [-0.2, 0) is 16.3 Å². The molecule has 128 valence electrons. The summed E-state index contributed by atoms with van der Waals surface area (Å²) in [7, 11) is -2.87. The Kier molecular flexibility index (Phi) is 6.04. The van der Waals surface area contributed by atoms with Crippen LogP contribution in [0.5, 0.6) is 0 Å². The van der Waals surface area contributed by atoms with Gasteiger partial charge in [-0.1, -0.05) is 23.8 Å². The Hall–Kier alpha value is -1.56. The first kappa shape index (κ1) is 17.8. The van der Waals surface area contributed by atoms with Crippen molar-refractivity contribution >= 4 is 15.8 Å². The molecule has 0 aliphatic carbocycles. The number of aryl methyl sites for hydroxylation is 2. The summed E-state index contributed by atoms with van der Waals surface area (Å²) in [4.78, 5) is 4.58. The van der Waals surface area contributed by atoms with Gasteiger partial charge in [-0.25, -0.2) is 8.42 Å². The zero-order valence-electron chi connectivity index (χ0n) is 14.2. The van der Waals surface area contributed by atoms with E-state index in [0.717, 1.165) is 13.0 Å². The molecule has 0 spiro atoms. The van der Waals surface area contributed by atoms with E-state index in [1.807, 2.05) is 6.92 Å². The minimum absolute atomic E-state index is 0.0288. The van der Waals surface area contributed by atoms with E-state index in [4.69, 9.17) is 0 Å². The minimum Gasteiger partial charge on any atom is -0.357 e. The van der Waals surface area contributed by atoms with Crippen molar-refractivity contribution in [2.45, 2.75) is 39.7 Å². The van der Waals surface area contributed by atoms with Crippen LogP contribution in [0.4, 0.5) is 0 Å². The molecule has 1 unspecified atom stereocenters. The number of nitrogens with zero attached hydrogens (tertiary/aromatic N) is 1. The standard InChI is InChI=1S/C17H27N3O2S/c1-4-18-17(20-16-8-10-23(21,22)12-16)19-9-7-15-6-5-13(2)11-14(15)3/h5-6,11,16H,4,7-10,12H2,1-3H3,(H2,18,19,20). The molecule has 23 heavy (non-hydrogen) atoms. The molecule has 2 N–H and O–H groups in total. The van der Waals surface area contributed by atoms with E-state index in [2.05, 4.69) is 47.7 Å². The molecule has 0 aromatic heterocycles. The van der Waals surface area contributed by atoms with Gasteiger partial charge in [0.1, 0.15) is 0 Å². The summed E-state index contributed by atoms with van der Waals surface area (Å²) in [5.74, 6) is 1.18. The Morgan fingerprint density at radius 2 is 2.13 bits per heavy atom. The van der Waals surface area contributed by atoms with Crippen molar-refractivity contribution in [3.8, 4) is 0 Å². The quantitative estimate of drug-likeness (QED) is 0.632. The second kappa shape index (κ2) is 7.81. The Bertz CT molecular complexity index is 668. The normalized spacial score (nSPS) is 20.5. The predicted molar refractivity (Wildman–Crippen MR) is 95.8 cm³/mol. The number of benzene rings is 1. The topological polar surface area (TPSA) is 70.6 Å². The number of rotatable bonds is 5. The Morgan fingerprint density at radius 3 is 2.74 bits per heavy atom. The van der Waals surface area contributed by atoms with Crippen LogP contribution in [0.15, 0.2) is 23.2 Å². The van der Waals surface area contributed by atoms with Crippen LogP contribution in [0, 0.1) is 13.8 Å². The number of aliphatic imine (C=N–C) groups is 1. The first-order chi connectivity index (χ1) is 10.9. The predicted octanol–water partition coefficient (Wildman–Crippen LogP) is 1.59. The maximum Gasteiger partial charge on any atom is 0.191 e. The van der Waals surface area contributed by atoms with Gasteiger partial charge in [-0.2, -0.15) is 0 Å². The van der Waals surface area contributed by atoms with Crippen molar-refractivity contribution in [1.29, 1.82) is 0 Å². The molecule has 1 aliphatic heterocycles. The van der Waals surface area contributed by atoms with Crippen molar-refractivity contribution in [2.75, 3.05) is 24.6 Å². The lowest BCUT2D eigenvalue weighted by Gasteiger charge is -2.16. The van der Waals surface area contributed by atoms with Crippen LogP contribution in [0.2, 0.25) is 0 Å². The molecule has 1 fully saturated rings. The summed E-state index contributed by atoms with van der Waals surface area (Å²) < 4.78 is 23.1. The van der Waals surface area contributed by atoms with Gasteiger partial charge in [-0.3, -0.25) is 4.99 Å². The number of guanidine groups is 1. The second-order valence-corrected chi connectivity index (χ2v) is 8.41. The number of hydrogen-bond donors (Lipinski definition) is 2. The number of nitrogens with one attached hydrogen (secondary N) is 2. The third-order valence-electron chi connectivity index (χ3n) is 4.07. The molecule has 1 saturated heterocycles. The number of sulfone groups is 1. The van der Waals surface area contributed by atoms with Gasteiger partial charge >= 0.3 is 0 Å². The summed E-state index contributed by atoms with van der Waals surface area (Å²) in [6.07, 6.45) is 1.54. The van der Waals surface area contributed by atoms with Gasteiger partial charge in [-0.05, 0) is 44.7 Å². The second-order valence-electron chi connectivity index (χ2n) is 6.18. The Labute approximate surface area is 139 Å². The third-order valence-corrected chi connectivity index (χ3v) is 5.83.